The topological polar surface area (TPSA) is 32.3 Å². The van der Waals surface area contributed by atoms with Crippen LogP contribution in [0.5, 0.6) is 0 Å². The lowest BCUT2D eigenvalue weighted by Crippen LogP contribution is -2.52. The quantitative estimate of drug-likeness (QED) is 0.836. The molecule has 2 N–H and O–H groups in total. The van der Waals surface area contributed by atoms with Crippen molar-refractivity contribution in [2.24, 2.45) is 0 Å². The molecule has 2 aromatic rings. The fourth-order valence-corrected chi connectivity index (χ4v) is 3.37. The summed E-state index contributed by atoms with van der Waals surface area (Å²) in [5.41, 5.74) is 1.23. The maximum atomic E-state index is 11.2. The molecule has 0 saturated heterocycles. The van der Waals surface area contributed by atoms with Gasteiger partial charge in [-0.05, 0) is 43.9 Å². The van der Waals surface area contributed by atoms with Crippen LogP contribution in [0.3, 0.4) is 0 Å². The number of hydrogen-bond acceptors (Lipinski definition) is 2. The maximum Gasteiger partial charge on any atom is 0.141 e. The molecule has 124 valence electrons. The summed E-state index contributed by atoms with van der Waals surface area (Å²) >= 11 is 0. The summed E-state index contributed by atoms with van der Waals surface area (Å²) in [7, 11) is 0. The van der Waals surface area contributed by atoms with Gasteiger partial charge in [-0.2, -0.15) is 0 Å². The van der Waals surface area contributed by atoms with E-state index in [0.717, 1.165) is 31.2 Å². The summed E-state index contributed by atoms with van der Waals surface area (Å²) < 4.78 is 0. The van der Waals surface area contributed by atoms with Crippen LogP contribution in [0.2, 0.25) is 0 Å². The zero-order chi connectivity index (χ0) is 16.8. The van der Waals surface area contributed by atoms with Gasteiger partial charge in [-0.3, -0.25) is 0 Å². The Labute approximate surface area is 144 Å². The SMILES string of the molecule is C[C@H](N[C@H]1CCCC[C@]1(O)C#Cc1ccccc1)c1ccccc1. The molecule has 2 aromatic carbocycles. The second-order valence-corrected chi connectivity index (χ2v) is 6.64. The van der Waals surface area contributed by atoms with E-state index >= 15 is 0 Å². The van der Waals surface area contributed by atoms with Gasteiger partial charge < -0.3 is 10.4 Å². The first-order valence-electron chi connectivity index (χ1n) is 8.79. The van der Waals surface area contributed by atoms with Gasteiger partial charge in [0.1, 0.15) is 5.60 Å². The molecule has 3 rings (SSSR count). The Morgan fingerprint density at radius 3 is 2.42 bits per heavy atom. The molecule has 0 spiro atoms. The molecule has 0 aromatic heterocycles. The molecule has 0 amide bonds. The Hall–Kier alpha value is -2.08. The van der Waals surface area contributed by atoms with Crippen molar-refractivity contribution in [1.82, 2.24) is 5.32 Å². The molecule has 3 atom stereocenters. The van der Waals surface area contributed by atoms with Crippen molar-refractivity contribution >= 4 is 0 Å². The van der Waals surface area contributed by atoms with Crippen LogP contribution in [-0.4, -0.2) is 16.7 Å². The van der Waals surface area contributed by atoms with E-state index in [1.165, 1.54) is 5.56 Å². The van der Waals surface area contributed by atoms with Gasteiger partial charge in [0.25, 0.3) is 0 Å². The van der Waals surface area contributed by atoms with Crippen molar-refractivity contribution in [2.45, 2.75) is 50.3 Å². The third kappa shape index (κ3) is 4.06. The van der Waals surface area contributed by atoms with Gasteiger partial charge in [-0.25, -0.2) is 0 Å². The fraction of sp³-hybridized carbons (Fsp3) is 0.364. The highest BCUT2D eigenvalue weighted by molar-refractivity contribution is 5.37. The minimum Gasteiger partial charge on any atom is -0.376 e. The third-order valence-electron chi connectivity index (χ3n) is 4.83. The molecule has 1 fully saturated rings. The van der Waals surface area contributed by atoms with E-state index in [2.05, 4.69) is 48.3 Å². The van der Waals surface area contributed by atoms with Crippen LogP contribution in [0, 0.1) is 11.8 Å². The van der Waals surface area contributed by atoms with E-state index in [0.29, 0.717) is 0 Å². The molecule has 0 bridgehead atoms. The van der Waals surface area contributed by atoms with Crippen molar-refractivity contribution in [2.75, 3.05) is 0 Å². The second kappa shape index (κ2) is 7.66. The van der Waals surface area contributed by atoms with Gasteiger partial charge in [0.15, 0.2) is 0 Å². The average Bonchev–Trinajstić information content (AvgIpc) is 2.64. The number of hydrogen-bond donors (Lipinski definition) is 2. The van der Waals surface area contributed by atoms with Crippen LogP contribution in [0.25, 0.3) is 0 Å². The minimum atomic E-state index is -0.961. The lowest BCUT2D eigenvalue weighted by atomic mass is 9.80. The molecule has 1 saturated carbocycles. The summed E-state index contributed by atoms with van der Waals surface area (Å²) in [5, 5.41) is 14.8. The lowest BCUT2D eigenvalue weighted by Gasteiger charge is -2.38. The van der Waals surface area contributed by atoms with Crippen molar-refractivity contribution < 1.29 is 5.11 Å². The first kappa shape index (κ1) is 16.8. The van der Waals surface area contributed by atoms with Gasteiger partial charge >= 0.3 is 0 Å². The normalized spacial score (nSPS) is 24.7. The molecular weight excluding hydrogens is 294 g/mol. The Morgan fingerprint density at radius 2 is 1.71 bits per heavy atom. The summed E-state index contributed by atoms with van der Waals surface area (Å²) in [5.74, 6) is 6.32. The number of benzene rings is 2. The lowest BCUT2D eigenvalue weighted by molar-refractivity contribution is 0.0221. The molecule has 24 heavy (non-hydrogen) atoms. The van der Waals surface area contributed by atoms with Crippen molar-refractivity contribution in [1.29, 1.82) is 0 Å². The van der Waals surface area contributed by atoms with Crippen LogP contribution in [-0.2, 0) is 0 Å². The summed E-state index contributed by atoms with van der Waals surface area (Å²) in [6.07, 6.45) is 3.84. The van der Waals surface area contributed by atoms with Crippen LogP contribution < -0.4 is 5.32 Å². The Bertz CT molecular complexity index is 701. The highest BCUT2D eigenvalue weighted by Gasteiger charge is 2.38. The van der Waals surface area contributed by atoms with E-state index < -0.39 is 5.60 Å². The van der Waals surface area contributed by atoms with Gasteiger partial charge in [0.2, 0.25) is 0 Å². The number of nitrogens with one attached hydrogen (secondary N) is 1. The molecule has 1 aliphatic rings. The van der Waals surface area contributed by atoms with E-state index in [9.17, 15) is 5.11 Å². The monoisotopic (exact) mass is 319 g/mol. The molecule has 2 nitrogen and oxygen atoms in total. The largest absolute Gasteiger partial charge is 0.376 e. The van der Waals surface area contributed by atoms with E-state index in [1.54, 1.807) is 0 Å². The molecule has 0 radical (unpaired) electrons. The molecule has 1 aliphatic carbocycles. The summed E-state index contributed by atoms with van der Waals surface area (Å²) in [6, 6.07) is 20.4. The molecular formula is C22H25NO. The standard InChI is InChI=1S/C22H25NO/c1-18(20-12-6-3-7-13-20)23-21-14-8-9-16-22(21,24)17-15-19-10-4-2-5-11-19/h2-7,10-13,18,21,23-24H,8-9,14,16H2,1H3/t18-,21-,22-/m0/s1. The maximum absolute atomic E-state index is 11.2. The second-order valence-electron chi connectivity index (χ2n) is 6.64. The minimum absolute atomic E-state index is 0.00216. The van der Waals surface area contributed by atoms with E-state index in [-0.39, 0.29) is 12.1 Å². The molecule has 0 aliphatic heterocycles. The summed E-state index contributed by atoms with van der Waals surface area (Å²) in [6.45, 7) is 2.15. The predicted octanol–water partition coefficient (Wildman–Crippen LogP) is 4.06. The van der Waals surface area contributed by atoms with Crippen molar-refractivity contribution in [3.8, 4) is 11.8 Å². The smallest absolute Gasteiger partial charge is 0.141 e. The highest BCUT2D eigenvalue weighted by atomic mass is 16.3. The predicted molar refractivity (Wildman–Crippen MR) is 98.5 cm³/mol. The van der Waals surface area contributed by atoms with E-state index in [4.69, 9.17) is 0 Å². The fourth-order valence-electron chi connectivity index (χ4n) is 3.37. The van der Waals surface area contributed by atoms with Gasteiger partial charge in [-0.15, -0.1) is 0 Å². The number of rotatable bonds is 3. The Kier molecular flexibility index (Phi) is 5.35. The Balaban J connectivity index is 1.76. The van der Waals surface area contributed by atoms with E-state index in [1.807, 2.05) is 36.4 Å². The first-order chi connectivity index (χ1) is 11.7. The van der Waals surface area contributed by atoms with Gasteiger partial charge in [-0.1, -0.05) is 66.8 Å². The van der Waals surface area contributed by atoms with Crippen LogP contribution in [0.4, 0.5) is 0 Å². The zero-order valence-electron chi connectivity index (χ0n) is 14.2. The zero-order valence-corrected chi connectivity index (χ0v) is 14.2. The number of aliphatic hydroxyl groups is 1. The van der Waals surface area contributed by atoms with Gasteiger partial charge in [0.05, 0.1) is 0 Å². The van der Waals surface area contributed by atoms with Crippen molar-refractivity contribution in [3.05, 3.63) is 71.8 Å². The summed E-state index contributed by atoms with van der Waals surface area (Å²) in [4.78, 5) is 0. The highest BCUT2D eigenvalue weighted by Crippen LogP contribution is 2.30. The van der Waals surface area contributed by atoms with Crippen LogP contribution >= 0.6 is 0 Å². The molecule has 2 heteroatoms. The van der Waals surface area contributed by atoms with Crippen LogP contribution in [0.1, 0.15) is 49.8 Å². The molecule has 0 heterocycles. The van der Waals surface area contributed by atoms with Gasteiger partial charge in [0, 0.05) is 17.6 Å². The Morgan fingerprint density at radius 1 is 1.04 bits per heavy atom. The van der Waals surface area contributed by atoms with Crippen molar-refractivity contribution in [3.63, 3.8) is 0 Å². The van der Waals surface area contributed by atoms with Crippen LogP contribution in [0.15, 0.2) is 60.7 Å². The molecule has 0 unspecified atom stereocenters. The first-order valence-corrected chi connectivity index (χ1v) is 8.79. The third-order valence-corrected chi connectivity index (χ3v) is 4.83. The average molecular weight is 319 g/mol.